The van der Waals surface area contributed by atoms with Gasteiger partial charge in [0.1, 0.15) is 5.75 Å². The lowest BCUT2D eigenvalue weighted by atomic mass is 10.0. The van der Waals surface area contributed by atoms with Gasteiger partial charge in [-0.1, -0.05) is 0 Å². The Bertz CT molecular complexity index is 553. The van der Waals surface area contributed by atoms with Crippen LogP contribution in [0.3, 0.4) is 0 Å². The van der Waals surface area contributed by atoms with Crippen LogP contribution in [0.2, 0.25) is 0 Å². The average molecular weight is 336 g/mol. The highest BCUT2D eigenvalue weighted by Crippen LogP contribution is 2.17. The molecule has 1 aliphatic rings. The number of carbonyl (C=O) groups excluding carboxylic acids is 1. The summed E-state index contributed by atoms with van der Waals surface area (Å²) in [5, 5.41) is 21.6. The Balaban J connectivity index is 1.86. The predicted molar refractivity (Wildman–Crippen MR) is 89.0 cm³/mol. The normalized spacial score (nSPS) is 17.2. The molecule has 0 aliphatic carbocycles. The first-order chi connectivity index (χ1) is 11.5. The number of piperidine rings is 1. The van der Waals surface area contributed by atoms with Crippen LogP contribution in [0.1, 0.15) is 19.3 Å². The van der Waals surface area contributed by atoms with Gasteiger partial charge in [-0.15, -0.1) is 0 Å². The number of carboxylic acids is 1. The molecule has 1 saturated heterocycles. The van der Waals surface area contributed by atoms with Crippen molar-refractivity contribution in [3.8, 4) is 5.75 Å². The van der Waals surface area contributed by atoms with Crippen LogP contribution in [0.4, 0.5) is 5.69 Å². The number of rotatable bonds is 7. The summed E-state index contributed by atoms with van der Waals surface area (Å²) in [6.07, 6.45) is 0.901. The lowest BCUT2D eigenvalue weighted by molar-refractivity contribution is -0.144. The summed E-state index contributed by atoms with van der Waals surface area (Å²) in [6, 6.07) is 6.86. The highest BCUT2D eigenvalue weighted by Gasteiger charge is 2.26. The Morgan fingerprint density at radius 2 is 1.92 bits per heavy atom. The van der Waals surface area contributed by atoms with Gasteiger partial charge >= 0.3 is 5.97 Å². The van der Waals surface area contributed by atoms with Crippen molar-refractivity contribution < 1.29 is 24.5 Å². The number of carboxylic acid groups (broad SMARTS) is 1. The zero-order valence-corrected chi connectivity index (χ0v) is 13.8. The molecule has 0 saturated carbocycles. The number of nitrogens with one attached hydrogen (secondary N) is 1. The van der Waals surface area contributed by atoms with Gasteiger partial charge in [0, 0.05) is 31.7 Å². The minimum Gasteiger partial charge on any atom is -0.497 e. The fourth-order valence-corrected chi connectivity index (χ4v) is 2.75. The van der Waals surface area contributed by atoms with Crippen LogP contribution in [0.15, 0.2) is 24.3 Å². The Kier molecular flexibility index (Phi) is 6.57. The molecule has 1 heterocycles. The van der Waals surface area contributed by atoms with Crippen molar-refractivity contribution in [2.24, 2.45) is 5.92 Å². The van der Waals surface area contributed by atoms with E-state index in [1.165, 1.54) is 0 Å². The van der Waals surface area contributed by atoms with Crippen molar-refractivity contribution in [2.45, 2.75) is 25.4 Å². The second-order valence-electron chi connectivity index (χ2n) is 6.05. The molecule has 1 aromatic rings. The summed E-state index contributed by atoms with van der Waals surface area (Å²) < 4.78 is 5.05. The van der Waals surface area contributed by atoms with Gasteiger partial charge in [0.15, 0.2) is 0 Å². The van der Waals surface area contributed by atoms with Crippen molar-refractivity contribution in [1.82, 2.24) is 4.90 Å². The van der Waals surface area contributed by atoms with E-state index in [-0.39, 0.29) is 18.4 Å². The highest BCUT2D eigenvalue weighted by molar-refractivity contribution is 5.93. The summed E-state index contributed by atoms with van der Waals surface area (Å²) >= 11 is 0. The molecule has 0 spiro atoms. The Labute approximate surface area is 141 Å². The fourth-order valence-electron chi connectivity index (χ4n) is 2.75. The molecular weight excluding hydrogens is 312 g/mol. The molecule has 1 unspecified atom stereocenters. The summed E-state index contributed by atoms with van der Waals surface area (Å²) in [5.74, 6) is -1.39. The van der Waals surface area contributed by atoms with Crippen LogP contribution >= 0.6 is 0 Å². The molecule has 1 atom stereocenters. The van der Waals surface area contributed by atoms with E-state index in [0.717, 1.165) is 0 Å². The first-order valence-corrected chi connectivity index (χ1v) is 8.05. The third kappa shape index (κ3) is 5.50. The minimum atomic E-state index is -0.981. The smallest absolute Gasteiger partial charge is 0.308 e. The van der Waals surface area contributed by atoms with Crippen molar-refractivity contribution in [3.63, 3.8) is 0 Å². The van der Waals surface area contributed by atoms with E-state index < -0.39 is 11.9 Å². The number of ether oxygens (including phenoxy) is 1. The largest absolute Gasteiger partial charge is 0.497 e. The van der Waals surface area contributed by atoms with E-state index in [0.29, 0.717) is 43.9 Å². The molecule has 7 heteroatoms. The van der Waals surface area contributed by atoms with Gasteiger partial charge in [0.05, 0.1) is 19.1 Å². The summed E-state index contributed by atoms with van der Waals surface area (Å²) in [6.45, 7) is 1.63. The molecule has 132 valence electrons. The van der Waals surface area contributed by atoms with E-state index in [9.17, 15) is 19.8 Å². The molecular formula is C17H24N2O5. The highest BCUT2D eigenvalue weighted by atomic mass is 16.5. The fraction of sp³-hybridized carbons (Fsp3) is 0.529. The number of aliphatic carboxylic acids is 1. The van der Waals surface area contributed by atoms with Gasteiger partial charge in [0.25, 0.3) is 0 Å². The van der Waals surface area contributed by atoms with E-state index in [4.69, 9.17) is 4.74 Å². The minimum absolute atomic E-state index is 0.0829. The lowest BCUT2D eigenvalue weighted by Gasteiger charge is -2.31. The molecule has 24 heavy (non-hydrogen) atoms. The molecule has 0 radical (unpaired) electrons. The zero-order valence-electron chi connectivity index (χ0n) is 13.8. The molecule has 2 rings (SSSR count). The number of methoxy groups -OCH3 is 1. The van der Waals surface area contributed by atoms with Crippen LogP contribution in [-0.4, -0.2) is 59.8 Å². The number of aliphatic hydroxyl groups excluding tert-OH is 1. The number of carbonyl (C=O) groups is 2. The monoisotopic (exact) mass is 336 g/mol. The maximum atomic E-state index is 12.1. The first kappa shape index (κ1) is 18.2. The SMILES string of the molecule is COc1ccc(NC(=O)CC(CN2CCC(O)CC2)C(=O)O)cc1. The van der Waals surface area contributed by atoms with Crippen LogP contribution in [0, 0.1) is 5.92 Å². The van der Waals surface area contributed by atoms with E-state index in [2.05, 4.69) is 5.32 Å². The summed E-state index contributed by atoms with van der Waals surface area (Å²) in [7, 11) is 1.56. The van der Waals surface area contributed by atoms with Crippen molar-refractivity contribution in [1.29, 1.82) is 0 Å². The number of hydrogen-bond acceptors (Lipinski definition) is 5. The van der Waals surface area contributed by atoms with Crippen molar-refractivity contribution >= 4 is 17.6 Å². The number of aliphatic hydroxyl groups is 1. The Morgan fingerprint density at radius 3 is 2.46 bits per heavy atom. The molecule has 1 aromatic carbocycles. The summed E-state index contributed by atoms with van der Waals surface area (Å²) in [4.78, 5) is 25.5. The van der Waals surface area contributed by atoms with E-state index in [1.807, 2.05) is 4.90 Å². The second-order valence-corrected chi connectivity index (χ2v) is 6.05. The van der Waals surface area contributed by atoms with Gasteiger partial charge in [-0.2, -0.15) is 0 Å². The third-order valence-electron chi connectivity index (χ3n) is 4.19. The molecule has 0 bridgehead atoms. The average Bonchev–Trinajstić information content (AvgIpc) is 2.56. The van der Waals surface area contributed by atoms with Crippen molar-refractivity contribution in [3.05, 3.63) is 24.3 Å². The van der Waals surface area contributed by atoms with Gasteiger partial charge < -0.3 is 25.2 Å². The standard InChI is InChI=1S/C17H24N2O5/c1-24-15-4-2-13(3-5-15)18-16(21)10-12(17(22)23)11-19-8-6-14(20)7-9-19/h2-5,12,14,20H,6-11H2,1H3,(H,18,21)(H,22,23). The Morgan fingerprint density at radius 1 is 1.29 bits per heavy atom. The second kappa shape index (κ2) is 8.65. The molecule has 3 N–H and O–H groups in total. The van der Waals surface area contributed by atoms with Gasteiger partial charge in [-0.05, 0) is 37.1 Å². The molecule has 0 aromatic heterocycles. The van der Waals surface area contributed by atoms with E-state index >= 15 is 0 Å². The van der Waals surface area contributed by atoms with E-state index in [1.54, 1.807) is 31.4 Å². The quantitative estimate of drug-likeness (QED) is 0.691. The maximum Gasteiger partial charge on any atom is 0.308 e. The first-order valence-electron chi connectivity index (χ1n) is 8.05. The lowest BCUT2D eigenvalue weighted by Crippen LogP contribution is -2.41. The number of anilines is 1. The van der Waals surface area contributed by atoms with Crippen molar-refractivity contribution in [2.75, 3.05) is 32.1 Å². The molecule has 1 fully saturated rings. The van der Waals surface area contributed by atoms with Gasteiger partial charge in [0.2, 0.25) is 5.91 Å². The summed E-state index contributed by atoms with van der Waals surface area (Å²) in [5.41, 5.74) is 0.603. The topological polar surface area (TPSA) is 99.1 Å². The number of nitrogens with zero attached hydrogens (tertiary/aromatic N) is 1. The maximum absolute atomic E-state index is 12.1. The predicted octanol–water partition coefficient (Wildman–Crippen LogP) is 1.18. The number of amides is 1. The van der Waals surface area contributed by atoms with Crippen LogP contribution in [0.25, 0.3) is 0 Å². The third-order valence-corrected chi connectivity index (χ3v) is 4.19. The molecule has 7 nitrogen and oxygen atoms in total. The van der Waals surface area contributed by atoms with Gasteiger partial charge in [-0.3, -0.25) is 9.59 Å². The van der Waals surface area contributed by atoms with Crippen LogP contribution in [0.5, 0.6) is 5.75 Å². The van der Waals surface area contributed by atoms with Crippen LogP contribution < -0.4 is 10.1 Å². The number of hydrogen-bond donors (Lipinski definition) is 3. The number of benzene rings is 1. The van der Waals surface area contributed by atoms with Gasteiger partial charge in [-0.25, -0.2) is 0 Å². The zero-order chi connectivity index (χ0) is 17.5. The van der Waals surface area contributed by atoms with Crippen LogP contribution in [-0.2, 0) is 9.59 Å². The number of likely N-dealkylation sites (tertiary alicyclic amines) is 1. The Hall–Kier alpha value is -2.12. The molecule has 1 amide bonds. The molecule has 1 aliphatic heterocycles.